The molecule has 1 unspecified atom stereocenters. The fourth-order valence-electron chi connectivity index (χ4n) is 6.42. The van der Waals surface area contributed by atoms with Gasteiger partial charge in [0.1, 0.15) is 23.1 Å². The molecule has 0 bridgehead atoms. The maximum absolute atomic E-state index is 13.7. The van der Waals surface area contributed by atoms with E-state index in [0.29, 0.717) is 45.7 Å². The standard InChI is InChI=1S/C45H45N3O6S2/c1-45(2,3)32-20-23-36-38(25-32)56-43(40(36)44(52)53-4)48-39(49)28-55-35-17-11-16-33(26-35)46-42(51)37(47-41(50)31-14-9-6-10-15-31)24-29-18-21-34(22-19-29)54-27-30-12-7-5-8-13-30/h5-19,21-22,24,26,32H,20,23,25,27-28H2,1-4H3,(H,46,51)(H,47,50)(H,48,49)/b37-24-. The molecule has 288 valence electrons. The van der Waals surface area contributed by atoms with E-state index < -0.39 is 17.8 Å². The Hall–Kier alpha value is -5.65. The summed E-state index contributed by atoms with van der Waals surface area (Å²) in [4.78, 5) is 54.9. The van der Waals surface area contributed by atoms with Crippen molar-refractivity contribution in [3.05, 3.63) is 148 Å². The normalized spacial score (nSPS) is 13.9. The highest BCUT2D eigenvalue weighted by Gasteiger charge is 2.34. The lowest BCUT2D eigenvalue weighted by Gasteiger charge is -2.33. The van der Waals surface area contributed by atoms with Crippen LogP contribution in [0.5, 0.6) is 5.75 Å². The van der Waals surface area contributed by atoms with E-state index in [-0.39, 0.29) is 22.8 Å². The summed E-state index contributed by atoms with van der Waals surface area (Å²) in [5, 5.41) is 9.16. The summed E-state index contributed by atoms with van der Waals surface area (Å²) in [6, 6.07) is 32.9. The van der Waals surface area contributed by atoms with E-state index in [2.05, 4.69) is 36.7 Å². The number of carbonyl (C=O) groups is 4. The largest absolute Gasteiger partial charge is 0.489 e. The molecule has 1 heterocycles. The van der Waals surface area contributed by atoms with Crippen LogP contribution < -0.4 is 20.7 Å². The summed E-state index contributed by atoms with van der Waals surface area (Å²) in [6.07, 6.45) is 4.21. The number of anilines is 2. The molecule has 3 N–H and O–H groups in total. The fraction of sp³-hybridized carbons (Fsp3) is 0.244. The number of carbonyl (C=O) groups excluding carboxylic acids is 4. The molecule has 4 aromatic carbocycles. The Kier molecular flexibility index (Phi) is 13.1. The molecule has 56 heavy (non-hydrogen) atoms. The summed E-state index contributed by atoms with van der Waals surface area (Å²) in [6.45, 7) is 7.13. The highest BCUT2D eigenvalue weighted by atomic mass is 32.2. The summed E-state index contributed by atoms with van der Waals surface area (Å²) < 4.78 is 11.0. The summed E-state index contributed by atoms with van der Waals surface area (Å²) in [7, 11) is 1.36. The Morgan fingerprint density at radius 1 is 0.875 bits per heavy atom. The maximum Gasteiger partial charge on any atom is 0.341 e. The first-order chi connectivity index (χ1) is 27.0. The van der Waals surface area contributed by atoms with Crippen molar-refractivity contribution in [3.63, 3.8) is 0 Å². The number of nitrogens with one attached hydrogen (secondary N) is 3. The number of ether oxygens (including phenoxy) is 2. The van der Waals surface area contributed by atoms with Crippen molar-refractivity contribution in [2.45, 2.75) is 51.5 Å². The predicted molar refractivity (Wildman–Crippen MR) is 224 cm³/mol. The molecule has 9 nitrogen and oxygen atoms in total. The van der Waals surface area contributed by atoms with Crippen molar-refractivity contribution in [1.82, 2.24) is 5.32 Å². The lowest BCUT2D eigenvalue weighted by molar-refractivity contribution is -0.114. The highest BCUT2D eigenvalue weighted by molar-refractivity contribution is 8.00. The molecule has 6 rings (SSSR count). The van der Waals surface area contributed by atoms with E-state index in [9.17, 15) is 19.2 Å². The Labute approximate surface area is 335 Å². The van der Waals surface area contributed by atoms with Gasteiger partial charge in [0.15, 0.2) is 0 Å². The van der Waals surface area contributed by atoms with E-state index in [0.717, 1.165) is 40.2 Å². The van der Waals surface area contributed by atoms with Gasteiger partial charge < -0.3 is 25.4 Å². The number of fused-ring (bicyclic) bond motifs is 1. The smallest absolute Gasteiger partial charge is 0.341 e. The second-order valence-corrected chi connectivity index (χ2v) is 16.7. The Bertz CT molecular complexity index is 2210. The third-order valence-electron chi connectivity index (χ3n) is 9.56. The zero-order valence-corrected chi connectivity index (χ0v) is 33.5. The zero-order valence-electron chi connectivity index (χ0n) is 31.8. The van der Waals surface area contributed by atoms with Gasteiger partial charge in [0, 0.05) is 21.0 Å². The van der Waals surface area contributed by atoms with Gasteiger partial charge in [-0.15, -0.1) is 23.1 Å². The van der Waals surface area contributed by atoms with Gasteiger partial charge in [0.05, 0.1) is 18.4 Å². The number of hydrogen-bond donors (Lipinski definition) is 3. The predicted octanol–water partition coefficient (Wildman–Crippen LogP) is 9.41. The number of methoxy groups -OCH3 is 1. The van der Waals surface area contributed by atoms with Crippen LogP contribution in [0.1, 0.15) is 69.5 Å². The van der Waals surface area contributed by atoms with Crippen LogP contribution in [0, 0.1) is 11.3 Å². The van der Waals surface area contributed by atoms with E-state index in [1.165, 1.54) is 30.2 Å². The van der Waals surface area contributed by atoms with Crippen molar-refractivity contribution in [1.29, 1.82) is 0 Å². The van der Waals surface area contributed by atoms with Crippen molar-refractivity contribution in [2.75, 3.05) is 23.5 Å². The second-order valence-electron chi connectivity index (χ2n) is 14.5. The molecule has 1 aromatic heterocycles. The van der Waals surface area contributed by atoms with Gasteiger partial charge in [-0.1, -0.05) is 87.5 Å². The second kappa shape index (κ2) is 18.3. The molecule has 0 saturated carbocycles. The SMILES string of the molecule is COC(=O)c1c(NC(=O)CSc2cccc(NC(=O)/C(=C/c3ccc(OCc4ccccc4)cc3)NC(=O)c3ccccc3)c2)sc2c1CCC(C(C)(C)C)C2. The van der Waals surface area contributed by atoms with Crippen LogP contribution in [0.15, 0.2) is 120 Å². The third kappa shape index (κ3) is 10.6. The average Bonchev–Trinajstić information content (AvgIpc) is 3.56. The van der Waals surface area contributed by atoms with E-state index in [1.807, 2.05) is 66.7 Å². The van der Waals surface area contributed by atoms with Crippen LogP contribution in [0.3, 0.4) is 0 Å². The molecule has 0 aliphatic heterocycles. The van der Waals surface area contributed by atoms with E-state index in [1.54, 1.807) is 48.5 Å². The molecule has 0 radical (unpaired) electrons. The monoisotopic (exact) mass is 787 g/mol. The first kappa shape index (κ1) is 40.0. The van der Waals surface area contributed by atoms with Crippen LogP contribution >= 0.6 is 23.1 Å². The molecule has 3 amide bonds. The number of rotatable bonds is 13. The van der Waals surface area contributed by atoms with Crippen LogP contribution in [0.4, 0.5) is 10.7 Å². The van der Waals surface area contributed by atoms with Crippen molar-refractivity contribution in [2.24, 2.45) is 11.3 Å². The van der Waals surface area contributed by atoms with Crippen LogP contribution in [-0.4, -0.2) is 36.6 Å². The molecule has 0 spiro atoms. The Morgan fingerprint density at radius 2 is 1.59 bits per heavy atom. The van der Waals surface area contributed by atoms with Crippen molar-refractivity contribution in [3.8, 4) is 5.75 Å². The third-order valence-corrected chi connectivity index (χ3v) is 11.7. The van der Waals surface area contributed by atoms with Crippen LogP contribution in [0.2, 0.25) is 0 Å². The number of thioether (sulfide) groups is 1. The molecule has 5 aromatic rings. The average molecular weight is 788 g/mol. The lowest BCUT2D eigenvalue weighted by Crippen LogP contribution is -2.30. The summed E-state index contributed by atoms with van der Waals surface area (Å²) in [5.41, 5.74) is 4.24. The first-order valence-corrected chi connectivity index (χ1v) is 20.2. The van der Waals surface area contributed by atoms with Gasteiger partial charge in [-0.05, 0) is 95.8 Å². The van der Waals surface area contributed by atoms with Gasteiger partial charge in [-0.2, -0.15) is 0 Å². The number of thiophene rings is 1. The van der Waals surface area contributed by atoms with Crippen molar-refractivity contribution >= 4 is 63.6 Å². The summed E-state index contributed by atoms with van der Waals surface area (Å²) >= 11 is 2.76. The highest BCUT2D eigenvalue weighted by Crippen LogP contribution is 2.44. The quantitative estimate of drug-likeness (QED) is 0.0618. The molecule has 0 fully saturated rings. The first-order valence-electron chi connectivity index (χ1n) is 18.4. The topological polar surface area (TPSA) is 123 Å². The van der Waals surface area contributed by atoms with Gasteiger partial charge in [-0.3, -0.25) is 14.4 Å². The maximum atomic E-state index is 13.7. The van der Waals surface area contributed by atoms with Gasteiger partial charge >= 0.3 is 5.97 Å². The zero-order chi connectivity index (χ0) is 39.7. The van der Waals surface area contributed by atoms with Crippen LogP contribution in [-0.2, 0) is 33.8 Å². The minimum Gasteiger partial charge on any atom is -0.489 e. The molecule has 1 aliphatic carbocycles. The summed E-state index contributed by atoms with van der Waals surface area (Å²) in [5.74, 6) is -0.428. The Balaban J connectivity index is 1.12. The fourth-order valence-corrected chi connectivity index (χ4v) is 8.50. The van der Waals surface area contributed by atoms with Gasteiger partial charge in [0.25, 0.3) is 11.8 Å². The number of esters is 1. The number of hydrogen-bond acceptors (Lipinski definition) is 8. The number of amides is 3. The molecular weight excluding hydrogens is 743 g/mol. The Morgan fingerprint density at radius 3 is 2.29 bits per heavy atom. The molecule has 0 saturated heterocycles. The molecule has 1 aliphatic rings. The van der Waals surface area contributed by atoms with Gasteiger partial charge in [-0.25, -0.2) is 4.79 Å². The molecule has 11 heteroatoms. The lowest BCUT2D eigenvalue weighted by atomic mass is 9.72. The minimum atomic E-state index is -0.524. The van der Waals surface area contributed by atoms with Crippen molar-refractivity contribution < 1.29 is 28.7 Å². The molecular formula is C45H45N3O6S2. The van der Waals surface area contributed by atoms with E-state index >= 15 is 0 Å². The van der Waals surface area contributed by atoms with Crippen LogP contribution in [0.25, 0.3) is 6.08 Å². The number of benzene rings is 4. The molecule has 1 atom stereocenters. The van der Waals surface area contributed by atoms with Gasteiger partial charge in [0.2, 0.25) is 5.91 Å². The minimum absolute atomic E-state index is 0.0446. The van der Waals surface area contributed by atoms with E-state index in [4.69, 9.17) is 9.47 Å².